The zero-order valence-corrected chi connectivity index (χ0v) is 21.0. The van der Waals surface area contributed by atoms with E-state index in [2.05, 4.69) is 51.2 Å². The summed E-state index contributed by atoms with van der Waals surface area (Å²) >= 11 is 1.50. The van der Waals surface area contributed by atoms with Gasteiger partial charge in [0.05, 0.1) is 0 Å². The fourth-order valence-corrected chi connectivity index (χ4v) is 4.83. The summed E-state index contributed by atoms with van der Waals surface area (Å²) in [6, 6.07) is -0.929. The van der Waals surface area contributed by atoms with E-state index in [0.29, 0.717) is 18.6 Å². The molecule has 1 aliphatic carbocycles. The number of aliphatic carboxylic acids is 1. The number of thioether (sulfide) groups is 1. The molecule has 180 valence electrons. The predicted molar refractivity (Wildman–Crippen MR) is 134 cm³/mol. The molecule has 0 aromatic heterocycles. The molecule has 6 heteroatoms. The van der Waals surface area contributed by atoms with E-state index in [1.165, 1.54) is 28.5 Å². The third-order valence-corrected chi connectivity index (χ3v) is 6.87. The number of rotatable bonds is 14. The van der Waals surface area contributed by atoms with Crippen molar-refractivity contribution in [3.8, 4) is 0 Å². The van der Waals surface area contributed by atoms with Gasteiger partial charge in [-0.2, -0.15) is 11.8 Å². The Morgan fingerprint density at radius 2 is 1.62 bits per heavy atom. The van der Waals surface area contributed by atoms with Crippen LogP contribution in [0, 0.1) is 11.8 Å². The zero-order chi connectivity index (χ0) is 23.9. The fourth-order valence-electron chi connectivity index (χ4n) is 3.83. The number of hydrogen-bond acceptors (Lipinski definition) is 4. The summed E-state index contributed by atoms with van der Waals surface area (Å²) in [6.07, 6.45) is 15.0. The van der Waals surface area contributed by atoms with Crippen LogP contribution in [0.15, 0.2) is 34.9 Å². The van der Waals surface area contributed by atoms with Crippen molar-refractivity contribution in [1.82, 2.24) is 5.32 Å². The van der Waals surface area contributed by atoms with Crippen LogP contribution in [0.1, 0.15) is 79.1 Å². The molecule has 0 aromatic carbocycles. The van der Waals surface area contributed by atoms with E-state index in [4.69, 9.17) is 0 Å². The molecule has 1 saturated carbocycles. The Kier molecular flexibility index (Phi) is 14.0. The maximum Gasteiger partial charge on any atom is 0.327 e. The second kappa shape index (κ2) is 15.9. The minimum Gasteiger partial charge on any atom is -0.480 e. The molecular weight excluding hydrogens is 422 g/mol. The molecule has 0 heterocycles. The lowest BCUT2D eigenvalue weighted by atomic mass is 9.79. The number of carboxylic acids is 1. The molecule has 0 saturated heterocycles. The third-order valence-electron chi connectivity index (χ3n) is 5.90. The van der Waals surface area contributed by atoms with E-state index in [1.807, 2.05) is 0 Å². The summed E-state index contributed by atoms with van der Waals surface area (Å²) in [5, 5.41) is 12.1. The van der Waals surface area contributed by atoms with Crippen LogP contribution in [-0.4, -0.2) is 40.8 Å². The summed E-state index contributed by atoms with van der Waals surface area (Å²) in [5.41, 5.74) is 4.07. The Morgan fingerprint density at radius 1 is 1.00 bits per heavy atom. The monoisotopic (exact) mass is 463 g/mol. The molecule has 1 aliphatic rings. The summed E-state index contributed by atoms with van der Waals surface area (Å²) < 4.78 is 0. The number of carboxylic acid groups (broad SMARTS) is 1. The maximum absolute atomic E-state index is 12.5. The molecule has 1 rings (SSSR count). The molecule has 1 fully saturated rings. The molecular formula is C26H41NO4S. The molecule has 5 nitrogen and oxygen atoms in total. The second-order valence-corrected chi connectivity index (χ2v) is 10.2. The number of aldehydes is 1. The summed E-state index contributed by atoms with van der Waals surface area (Å²) in [4.78, 5) is 35.4. The second-order valence-electron chi connectivity index (χ2n) is 9.09. The van der Waals surface area contributed by atoms with Crippen LogP contribution in [0.3, 0.4) is 0 Å². The molecule has 2 N–H and O–H groups in total. The highest BCUT2D eigenvalue weighted by molar-refractivity contribution is 7.99. The van der Waals surface area contributed by atoms with Crippen molar-refractivity contribution in [3.63, 3.8) is 0 Å². The van der Waals surface area contributed by atoms with Crippen LogP contribution >= 0.6 is 11.8 Å². The Bertz CT molecular complexity index is 707. The first-order valence-electron chi connectivity index (χ1n) is 11.8. The van der Waals surface area contributed by atoms with Gasteiger partial charge in [0.25, 0.3) is 0 Å². The number of allylic oxidation sites excluding steroid dienone is 5. The quantitative estimate of drug-likeness (QED) is 0.196. The number of carbonyl (C=O) groups excluding carboxylic acids is 2. The lowest BCUT2D eigenvalue weighted by Gasteiger charge is -2.27. The van der Waals surface area contributed by atoms with Crippen LogP contribution in [0.4, 0.5) is 0 Å². The molecule has 3 unspecified atom stereocenters. The van der Waals surface area contributed by atoms with Gasteiger partial charge in [0.15, 0.2) is 0 Å². The number of hydrogen-bond donors (Lipinski definition) is 2. The van der Waals surface area contributed by atoms with Crippen LogP contribution in [0.2, 0.25) is 0 Å². The van der Waals surface area contributed by atoms with Gasteiger partial charge >= 0.3 is 5.97 Å². The van der Waals surface area contributed by atoms with E-state index in [1.54, 1.807) is 0 Å². The van der Waals surface area contributed by atoms with Crippen molar-refractivity contribution in [3.05, 3.63) is 34.9 Å². The van der Waals surface area contributed by atoms with Crippen LogP contribution in [0.5, 0.6) is 0 Å². The lowest BCUT2D eigenvalue weighted by Crippen LogP contribution is -2.47. The molecule has 0 bridgehead atoms. The van der Waals surface area contributed by atoms with E-state index in [-0.39, 0.29) is 11.8 Å². The van der Waals surface area contributed by atoms with Gasteiger partial charge in [-0.25, -0.2) is 4.79 Å². The minimum absolute atomic E-state index is 0.290. The normalized spacial score (nSPS) is 20.4. The first kappa shape index (κ1) is 28.2. The minimum atomic E-state index is -1.03. The average Bonchev–Trinajstić information content (AvgIpc) is 2.75. The molecule has 1 amide bonds. The highest BCUT2D eigenvalue weighted by atomic mass is 32.2. The largest absolute Gasteiger partial charge is 0.480 e. The van der Waals surface area contributed by atoms with Gasteiger partial charge in [-0.15, -0.1) is 0 Å². The predicted octanol–water partition coefficient (Wildman–Crippen LogP) is 5.71. The van der Waals surface area contributed by atoms with Crippen LogP contribution < -0.4 is 5.32 Å². The van der Waals surface area contributed by atoms with Crippen molar-refractivity contribution in [1.29, 1.82) is 0 Å². The summed E-state index contributed by atoms with van der Waals surface area (Å²) in [5.74, 6) is -0.982. The molecule has 3 atom stereocenters. The van der Waals surface area contributed by atoms with Gasteiger partial charge in [0.1, 0.15) is 12.3 Å². The van der Waals surface area contributed by atoms with Gasteiger partial charge < -0.3 is 15.2 Å². The number of carbonyl (C=O) groups is 3. The van der Waals surface area contributed by atoms with E-state index in [9.17, 15) is 19.5 Å². The van der Waals surface area contributed by atoms with E-state index < -0.39 is 17.9 Å². The SMILES string of the molecule is CC(C)=CCC/C(C)=C/CC/C(C)=C/CSCC(NC(=O)C1CCCCC1C=O)C(=O)O. The molecule has 32 heavy (non-hydrogen) atoms. The fraction of sp³-hybridized carbons (Fsp3) is 0.654. The van der Waals surface area contributed by atoms with Crippen molar-refractivity contribution in [2.75, 3.05) is 11.5 Å². The Balaban J connectivity index is 2.39. The van der Waals surface area contributed by atoms with Gasteiger partial charge in [-0.05, 0) is 66.2 Å². The van der Waals surface area contributed by atoms with Crippen molar-refractivity contribution < 1.29 is 19.5 Å². The zero-order valence-electron chi connectivity index (χ0n) is 20.2. The standard InChI is InChI=1S/C26H41NO4S/c1-19(2)9-7-10-20(3)11-8-12-21(4)15-16-32-18-24(26(30)31)27-25(29)23-14-6-5-13-22(23)17-28/h9,11,15,17,22-24H,5-8,10,12-14,16,18H2,1-4H3,(H,27,29)(H,30,31)/b20-11+,21-15+. The van der Waals surface area contributed by atoms with Crippen molar-refractivity contribution in [2.24, 2.45) is 11.8 Å². The first-order valence-corrected chi connectivity index (χ1v) is 12.9. The van der Waals surface area contributed by atoms with Gasteiger partial charge in [0, 0.05) is 23.3 Å². The van der Waals surface area contributed by atoms with E-state index in [0.717, 1.165) is 50.6 Å². The smallest absolute Gasteiger partial charge is 0.327 e. The Labute approximate surface area is 198 Å². The summed E-state index contributed by atoms with van der Waals surface area (Å²) in [7, 11) is 0. The molecule has 0 spiro atoms. The highest BCUT2D eigenvalue weighted by Gasteiger charge is 2.32. The van der Waals surface area contributed by atoms with E-state index >= 15 is 0 Å². The van der Waals surface area contributed by atoms with Crippen LogP contribution in [-0.2, 0) is 14.4 Å². The number of amides is 1. The van der Waals surface area contributed by atoms with Crippen molar-refractivity contribution >= 4 is 29.9 Å². The number of nitrogens with one attached hydrogen (secondary N) is 1. The Hall–Kier alpha value is -1.82. The molecule has 0 radical (unpaired) electrons. The molecule has 0 aliphatic heterocycles. The molecule has 0 aromatic rings. The highest BCUT2D eigenvalue weighted by Crippen LogP contribution is 2.29. The van der Waals surface area contributed by atoms with Gasteiger partial charge in [-0.3, -0.25) is 4.79 Å². The topological polar surface area (TPSA) is 83.5 Å². The Morgan fingerprint density at radius 3 is 2.25 bits per heavy atom. The van der Waals surface area contributed by atoms with Crippen LogP contribution in [0.25, 0.3) is 0 Å². The average molecular weight is 464 g/mol. The maximum atomic E-state index is 12.5. The van der Waals surface area contributed by atoms with Gasteiger partial charge in [-0.1, -0.05) is 47.8 Å². The first-order chi connectivity index (χ1) is 15.2. The van der Waals surface area contributed by atoms with Gasteiger partial charge in [0.2, 0.25) is 5.91 Å². The third kappa shape index (κ3) is 11.7. The lowest BCUT2D eigenvalue weighted by molar-refractivity contribution is -0.142. The van der Waals surface area contributed by atoms with Crippen molar-refractivity contribution in [2.45, 2.75) is 85.1 Å². The summed E-state index contributed by atoms with van der Waals surface area (Å²) in [6.45, 7) is 8.53.